The quantitative estimate of drug-likeness (QED) is 0.836. The van der Waals surface area contributed by atoms with Gasteiger partial charge in [-0.2, -0.15) is 0 Å². The van der Waals surface area contributed by atoms with Gasteiger partial charge in [0.1, 0.15) is 0 Å². The van der Waals surface area contributed by atoms with Crippen molar-refractivity contribution in [1.29, 1.82) is 0 Å². The third-order valence-electron chi connectivity index (χ3n) is 4.45. The summed E-state index contributed by atoms with van der Waals surface area (Å²) in [5, 5.41) is 9.14. The van der Waals surface area contributed by atoms with E-state index < -0.39 is 9.84 Å². The Morgan fingerprint density at radius 3 is 2.64 bits per heavy atom. The highest BCUT2D eigenvalue weighted by Gasteiger charge is 2.22. The predicted octanol–water partition coefficient (Wildman–Crippen LogP) is 2.40. The van der Waals surface area contributed by atoms with Crippen molar-refractivity contribution in [2.45, 2.75) is 50.0 Å². The van der Waals surface area contributed by atoms with Gasteiger partial charge in [0, 0.05) is 12.6 Å². The minimum atomic E-state index is -3.18. The fourth-order valence-electron chi connectivity index (χ4n) is 3.15. The lowest BCUT2D eigenvalue weighted by molar-refractivity contribution is 0.120. The van der Waals surface area contributed by atoms with E-state index in [1.54, 1.807) is 12.1 Å². The van der Waals surface area contributed by atoms with Crippen molar-refractivity contribution in [1.82, 2.24) is 4.90 Å². The molecule has 1 unspecified atom stereocenters. The van der Waals surface area contributed by atoms with Crippen LogP contribution in [0, 0.1) is 6.92 Å². The molecule has 2 rings (SSSR count). The van der Waals surface area contributed by atoms with Crippen LogP contribution in [0.25, 0.3) is 0 Å². The van der Waals surface area contributed by atoms with E-state index >= 15 is 0 Å². The molecule has 1 heterocycles. The molecule has 0 aromatic heterocycles. The molecule has 0 bridgehead atoms. The lowest BCUT2D eigenvalue weighted by atomic mass is 9.99. The van der Waals surface area contributed by atoms with Crippen LogP contribution in [0.3, 0.4) is 0 Å². The Kier molecular flexibility index (Phi) is 6.41. The Morgan fingerprint density at radius 2 is 1.95 bits per heavy atom. The van der Waals surface area contributed by atoms with Crippen LogP contribution in [0.5, 0.6) is 0 Å². The van der Waals surface area contributed by atoms with E-state index in [1.165, 1.54) is 12.8 Å². The van der Waals surface area contributed by atoms with Crippen molar-refractivity contribution < 1.29 is 13.5 Å². The van der Waals surface area contributed by atoms with Gasteiger partial charge in [-0.1, -0.05) is 24.1 Å². The Morgan fingerprint density at radius 1 is 1.23 bits per heavy atom. The molecule has 1 aliphatic heterocycles. The number of aliphatic hydroxyl groups excluding tert-OH is 1. The summed E-state index contributed by atoms with van der Waals surface area (Å²) in [6.07, 6.45) is 4.95. The smallest absolute Gasteiger partial charge is 0.178 e. The molecule has 4 nitrogen and oxygen atoms in total. The van der Waals surface area contributed by atoms with Crippen molar-refractivity contribution in [3.05, 3.63) is 29.8 Å². The second-order valence-electron chi connectivity index (χ2n) is 6.18. The number of hydrogen-bond acceptors (Lipinski definition) is 4. The predicted molar refractivity (Wildman–Crippen MR) is 88.8 cm³/mol. The molecule has 1 aromatic carbocycles. The van der Waals surface area contributed by atoms with E-state index in [0.29, 0.717) is 17.4 Å². The summed E-state index contributed by atoms with van der Waals surface area (Å²) in [5.41, 5.74) is 1.07. The summed E-state index contributed by atoms with van der Waals surface area (Å²) in [5.74, 6) is 0.193. The summed E-state index contributed by atoms with van der Waals surface area (Å²) < 4.78 is 24.7. The maximum atomic E-state index is 12.3. The van der Waals surface area contributed by atoms with Gasteiger partial charge in [0.15, 0.2) is 9.84 Å². The monoisotopic (exact) mass is 325 g/mol. The highest BCUT2D eigenvalue weighted by molar-refractivity contribution is 7.91. The molecular weight excluding hydrogens is 298 g/mol. The van der Waals surface area contributed by atoms with Gasteiger partial charge >= 0.3 is 0 Å². The summed E-state index contributed by atoms with van der Waals surface area (Å²) in [6.45, 7) is 3.99. The summed E-state index contributed by atoms with van der Waals surface area (Å²) in [4.78, 5) is 2.77. The number of hydrogen-bond donors (Lipinski definition) is 1. The third-order valence-corrected chi connectivity index (χ3v) is 6.27. The van der Waals surface area contributed by atoms with Crippen LogP contribution in [-0.4, -0.2) is 49.9 Å². The van der Waals surface area contributed by atoms with Gasteiger partial charge in [-0.25, -0.2) is 8.42 Å². The van der Waals surface area contributed by atoms with E-state index in [0.717, 1.165) is 31.5 Å². The molecule has 124 valence electrons. The molecule has 0 radical (unpaired) electrons. The molecule has 1 N–H and O–H groups in total. The van der Waals surface area contributed by atoms with Crippen LogP contribution in [0.4, 0.5) is 0 Å². The van der Waals surface area contributed by atoms with Gasteiger partial charge < -0.3 is 10.0 Å². The topological polar surface area (TPSA) is 57.6 Å². The number of benzene rings is 1. The van der Waals surface area contributed by atoms with Crippen molar-refractivity contribution in [3.8, 4) is 0 Å². The standard InChI is InChI=1S/C17H27NO3S/c1-15-6-8-17(9-7-15)22(20,21)14-4-12-18-11-3-2-5-16(18)10-13-19/h6-9,16,19H,2-5,10-14H2,1H3. The van der Waals surface area contributed by atoms with Crippen LogP contribution in [-0.2, 0) is 9.84 Å². The fraction of sp³-hybridized carbons (Fsp3) is 0.647. The molecule has 1 atom stereocenters. The van der Waals surface area contributed by atoms with Gasteiger partial charge in [-0.15, -0.1) is 0 Å². The van der Waals surface area contributed by atoms with Crippen molar-refractivity contribution in [2.75, 3.05) is 25.4 Å². The number of nitrogens with zero attached hydrogens (tertiary/aromatic N) is 1. The number of likely N-dealkylation sites (tertiary alicyclic amines) is 1. The Bertz CT molecular complexity index is 552. The molecule has 5 heteroatoms. The molecule has 0 amide bonds. The second kappa shape index (κ2) is 8.09. The highest BCUT2D eigenvalue weighted by Crippen LogP contribution is 2.20. The van der Waals surface area contributed by atoms with Gasteiger partial charge in [0.2, 0.25) is 0 Å². The van der Waals surface area contributed by atoms with E-state index in [-0.39, 0.29) is 12.4 Å². The van der Waals surface area contributed by atoms with Crippen LogP contribution in [0.15, 0.2) is 29.2 Å². The molecule has 1 fully saturated rings. The Labute approximate surface area is 134 Å². The van der Waals surface area contributed by atoms with Gasteiger partial charge in [0.05, 0.1) is 10.6 Å². The van der Waals surface area contributed by atoms with Gasteiger partial charge in [-0.05, 0) is 57.8 Å². The second-order valence-corrected chi connectivity index (χ2v) is 8.29. The summed E-state index contributed by atoms with van der Waals surface area (Å²) in [7, 11) is -3.18. The van der Waals surface area contributed by atoms with E-state index in [9.17, 15) is 8.42 Å². The normalized spacial score (nSPS) is 20.2. The molecule has 1 aliphatic rings. The summed E-state index contributed by atoms with van der Waals surface area (Å²) in [6, 6.07) is 7.49. The van der Waals surface area contributed by atoms with E-state index in [2.05, 4.69) is 4.90 Å². The van der Waals surface area contributed by atoms with Crippen LogP contribution in [0.1, 0.15) is 37.7 Å². The number of sulfone groups is 1. The zero-order valence-corrected chi connectivity index (χ0v) is 14.2. The minimum absolute atomic E-state index is 0.193. The zero-order chi connectivity index (χ0) is 16.0. The van der Waals surface area contributed by atoms with Gasteiger partial charge in [-0.3, -0.25) is 0 Å². The highest BCUT2D eigenvalue weighted by atomic mass is 32.2. The SMILES string of the molecule is Cc1ccc(S(=O)(=O)CCCN2CCCCC2CCO)cc1. The molecule has 0 aliphatic carbocycles. The van der Waals surface area contributed by atoms with E-state index in [4.69, 9.17) is 5.11 Å². The third kappa shape index (κ3) is 4.80. The van der Waals surface area contributed by atoms with E-state index in [1.807, 2.05) is 19.1 Å². The first kappa shape index (κ1) is 17.4. The lowest BCUT2D eigenvalue weighted by Gasteiger charge is -2.35. The molecule has 0 saturated carbocycles. The van der Waals surface area contributed by atoms with Gasteiger partial charge in [0.25, 0.3) is 0 Å². The number of aryl methyl sites for hydroxylation is 1. The van der Waals surface area contributed by atoms with Crippen LogP contribution >= 0.6 is 0 Å². The Balaban J connectivity index is 1.87. The lowest BCUT2D eigenvalue weighted by Crippen LogP contribution is -2.41. The largest absolute Gasteiger partial charge is 0.396 e. The minimum Gasteiger partial charge on any atom is -0.396 e. The average Bonchev–Trinajstić information content (AvgIpc) is 2.49. The van der Waals surface area contributed by atoms with Crippen molar-refractivity contribution in [2.24, 2.45) is 0 Å². The number of aliphatic hydroxyl groups is 1. The molecular formula is C17H27NO3S. The molecule has 1 saturated heterocycles. The average molecular weight is 325 g/mol. The summed E-state index contributed by atoms with van der Waals surface area (Å²) >= 11 is 0. The zero-order valence-electron chi connectivity index (χ0n) is 13.4. The van der Waals surface area contributed by atoms with Crippen molar-refractivity contribution >= 4 is 9.84 Å². The number of rotatable bonds is 7. The maximum Gasteiger partial charge on any atom is 0.178 e. The van der Waals surface area contributed by atoms with Crippen molar-refractivity contribution in [3.63, 3.8) is 0 Å². The van der Waals surface area contributed by atoms with Crippen LogP contribution in [0.2, 0.25) is 0 Å². The molecule has 22 heavy (non-hydrogen) atoms. The Hall–Kier alpha value is -0.910. The number of piperidine rings is 1. The fourth-order valence-corrected chi connectivity index (χ4v) is 4.45. The molecule has 1 aromatic rings. The van der Waals surface area contributed by atoms with Crippen LogP contribution < -0.4 is 0 Å². The first-order valence-corrected chi connectivity index (χ1v) is 9.82. The first-order chi connectivity index (χ1) is 10.5. The molecule has 0 spiro atoms. The maximum absolute atomic E-state index is 12.3. The first-order valence-electron chi connectivity index (χ1n) is 8.17.